The quantitative estimate of drug-likeness (QED) is 0.147. The Balaban J connectivity index is 0.00000250. The molecule has 0 N–H and O–H groups in total. The molecule has 0 saturated heterocycles. The molecule has 68 heavy (non-hydrogen) atoms. The highest BCUT2D eigenvalue weighted by Gasteiger charge is 2.52. The minimum Gasteiger partial charge on any atom is -0.310 e. The Labute approximate surface area is 402 Å². The molecule has 1 nitrogen and oxygen atoms in total. The largest absolute Gasteiger partial charge is 0.310 e. The van der Waals surface area contributed by atoms with E-state index in [4.69, 9.17) is 0 Å². The van der Waals surface area contributed by atoms with Gasteiger partial charge in [0.2, 0.25) is 0 Å². The van der Waals surface area contributed by atoms with Crippen LogP contribution in [0.25, 0.3) is 61.2 Å². The van der Waals surface area contributed by atoms with Crippen LogP contribution in [-0.2, 0) is 10.8 Å². The molecule has 0 aromatic heterocycles. The van der Waals surface area contributed by atoms with E-state index < -0.39 is 5.41 Å². The number of benzene rings is 9. The molecule has 0 amide bonds. The highest BCUT2D eigenvalue weighted by Crippen LogP contribution is 2.63. The normalized spacial score (nSPS) is 15.5. The van der Waals surface area contributed by atoms with Crippen LogP contribution >= 0.6 is 0 Å². The first-order chi connectivity index (χ1) is 33.4. The summed E-state index contributed by atoms with van der Waals surface area (Å²) in [6.45, 7) is 15.3. The van der Waals surface area contributed by atoms with Gasteiger partial charge in [-0.25, -0.2) is 0 Å². The summed E-state index contributed by atoms with van der Waals surface area (Å²) in [5.74, 6) is 0. The van der Waals surface area contributed by atoms with Gasteiger partial charge in [0.05, 0.1) is 11.1 Å². The lowest BCUT2D eigenvalue weighted by atomic mass is 9.69. The number of allylic oxidation sites excluding steroid dienone is 5. The third-order valence-electron chi connectivity index (χ3n) is 14.6. The molecule has 1 spiro atoms. The molecule has 0 bridgehead atoms. The molecule has 328 valence electrons. The smallest absolute Gasteiger partial charge is 0.0725 e. The number of anilines is 3. The van der Waals surface area contributed by atoms with Gasteiger partial charge in [-0.15, -0.1) is 0 Å². The summed E-state index contributed by atoms with van der Waals surface area (Å²) in [6.07, 6.45) is 6.52. The number of hydrogen-bond acceptors (Lipinski definition) is 1. The van der Waals surface area contributed by atoms with Gasteiger partial charge >= 0.3 is 0 Å². The maximum atomic E-state index is 4.47. The van der Waals surface area contributed by atoms with Gasteiger partial charge in [0.25, 0.3) is 0 Å². The van der Waals surface area contributed by atoms with Crippen molar-refractivity contribution in [3.8, 4) is 55.6 Å². The van der Waals surface area contributed by atoms with E-state index in [1.807, 2.05) is 13.8 Å². The zero-order valence-electron chi connectivity index (χ0n) is 39.6. The minimum absolute atomic E-state index is 0.147. The molecule has 9 aromatic carbocycles. The Bertz CT molecular complexity index is 3460. The second-order valence-electron chi connectivity index (χ2n) is 18.3. The summed E-state index contributed by atoms with van der Waals surface area (Å²) in [5, 5.41) is 0. The second-order valence-corrected chi connectivity index (χ2v) is 18.3. The molecule has 0 aliphatic heterocycles. The molecule has 1 heteroatoms. The van der Waals surface area contributed by atoms with Gasteiger partial charge < -0.3 is 4.90 Å². The van der Waals surface area contributed by atoms with Crippen molar-refractivity contribution in [2.45, 2.75) is 45.4 Å². The molecule has 0 radical (unpaired) electrons. The average Bonchev–Trinajstić information content (AvgIpc) is 3.95. The first-order valence-corrected chi connectivity index (χ1v) is 24.2. The van der Waals surface area contributed by atoms with E-state index in [0.29, 0.717) is 0 Å². The van der Waals surface area contributed by atoms with E-state index in [1.165, 1.54) is 100 Å². The summed E-state index contributed by atoms with van der Waals surface area (Å²) in [5.41, 5.74) is 25.5. The minimum atomic E-state index is -0.466. The molecule has 3 aliphatic carbocycles. The fourth-order valence-corrected chi connectivity index (χ4v) is 11.7. The fraction of sp³-hybridized carbons (Fsp3) is 0.104. The number of fused-ring (bicyclic) bond motifs is 10. The Morgan fingerprint density at radius 1 is 0.412 bits per heavy atom. The molecule has 1 unspecified atom stereocenters. The van der Waals surface area contributed by atoms with Gasteiger partial charge in [-0.2, -0.15) is 0 Å². The van der Waals surface area contributed by atoms with Crippen molar-refractivity contribution in [3.05, 3.63) is 276 Å². The van der Waals surface area contributed by atoms with Crippen LogP contribution in [0.5, 0.6) is 0 Å². The van der Waals surface area contributed by atoms with Crippen molar-refractivity contribution in [1.29, 1.82) is 0 Å². The molecule has 1 atom stereocenters. The van der Waals surface area contributed by atoms with Crippen LogP contribution in [0.4, 0.5) is 17.1 Å². The lowest BCUT2D eigenvalue weighted by Gasteiger charge is -2.31. The monoisotopic (exact) mass is 873 g/mol. The van der Waals surface area contributed by atoms with E-state index in [9.17, 15) is 0 Å². The maximum Gasteiger partial charge on any atom is 0.0725 e. The summed E-state index contributed by atoms with van der Waals surface area (Å²) in [6, 6.07) is 78.7. The topological polar surface area (TPSA) is 3.24 Å². The highest BCUT2D eigenvalue weighted by molar-refractivity contribution is 6.02. The molecular formula is C67H55N. The van der Waals surface area contributed by atoms with Crippen LogP contribution in [-0.4, -0.2) is 0 Å². The molecule has 0 saturated carbocycles. The first kappa shape index (κ1) is 42.6. The van der Waals surface area contributed by atoms with Crippen molar-refractivity contribution in [3.63, 3.8) is 0 Å². The predicted octanol–water partition coefficient (Wildman–Crippen LogP) is 18.3. The van der Waals surface area contributed by atoms with Crippen molar-refractivity contribution in [1.82, 2.24) is 0 Å². The van der Waals surface area contributed by atoms with Gasteiger partial charge in [-0.1, -0.05) is 228 Å². The molecule has 0 heterocycles. The fourth-order valence-electron chi connectivity index (χ4n) is 11.7. The molecule has 3 aliphatic rings. The molecule has 9 aromatic rings. The van der Waals surface area contributed by atoms with E-state index in [2.05, 4.69) is 263 Å². The summed E-state index contributed by atoms with van der Waals surface area (Å²) >= 11 is 0. The van der Waals surface area contributed by atoms with Gasteiger partial charge in [-0.3, -0.25) is 0 Å². The summed E-state index contributed by atoms with van der Waals surface area (Å²) < 4.78 is 0. The second kappa shape index (κ2) is 17.0. The van der Waals surface area contributed by atoms with Crippen LogP contribution in [0.3, 0.4) is 0 Å². The molecular weight excluding hydrogens is 819 g/mol. The third-order valence-corrected chi connectivity index (χ3v) is 14.6. The number of rotatable bonds is 8. The lowest BCUT2D eigenvalue weighted by molar-refractivity contribution is 0.660. The Kier molecular flexibility index (Phi) is 10.7. The van der Waals surface area contributed by atoms with Gasteiger partial charge in [-0.05, 0) is 138 Å². The standard InChI is InChI=1S/C65H49N.C2H6/c1-5-20-50-52-26-14-17-30-58(52)65(56(50)6-2)59-31-18-15-27-54(59)63-49(28-19-32-60(63)65)45-33-36-47(37-34-45)66(48-38-39-53-51-25-13-16-29-57(51)64(3,4)61(53)42-48)62-40-35-46(43-21-9-7-10-22-43)41-55(62)44-23-11-8-12-24-44;1-2/h5-42H,2H2,1,3-4H3;1-2H3/b20-5-;. The maximum absolute atomic E-state index is 4.47. The van der Waals surface area contributed by atoms with Crippen molar-refractivity contribution < 1.29 is 0 Å². The van der Waals surface area contributed by atoms with Crippen LogP contribution in [0, 0.1) is 0 Å². The summed E-state index contributed by atoms with van der Waals surface area (Å²) in [7, 11) is 0. The van der Waals surface area contributed by atoms with Crippen molar-refractivity contribution >= 4 is 22.6 Å². The van der Waals surface area contributed by atoms with Crippen LogP contribution in [0.15, 0.2) is 243 Å². The Morgan fingerprint density at radius 3 is 1.63 bits per heavy atom. The van der Waals surface area contributed by atoms with Crippen molar-refractivity contribution in [2.24, 2.45) is 0 Å². The van der Waals surface area contributed by atoms with E-state index in [1.54, 1.807) is 0 Å². The third kappa shape index (κ3) is 6.37. The van der Waals surface area contributed by atoms with Crippen LogP contribution in [0.1, 0.15) is 68.0 Å². The molecule has 0 fully saturated rings. The lowest BCUT2D eigenvalue weighted by Crippen LogP contribution is -2.26. The zero-order chi connectivity index (χ0) is 46.6. The van der Waals surface area contributed by atoms with Crippen molar-refractivity contribution in [2.75, 3.05) is 4.90 Å². The van der Waals surface area contributed by atoms with Crippen LogP contribution in [0.2, 0.25) is 0 Å². The highest BCUT2D eigenvalue weighted by atomic mass is 15.1. The number of nitrogens with zero attached hydrogens (tertiary/aromatic N) is 1. The van der Waals surface area contributed by atoms with Gasteiger partial charge in [0.1, 0.15) is 0 Å². The predicted molar refractivity (Wildman–Crippen MR) is 290 cm³/mol. The molecule has 12 rings (SSSR count). The first-order valence-electron chi connectivity index (χ1n) is 24.2. The summed E-state index contributed by atoms with van der Waals surface area (Å²) in [4.78, 5) is 2.47. The van der Waals surface area contributed by atoms with Gasteiger partial charge in [0.15, 0.2) is 0 Å². The van der Waals surface area contributed by atoms with Crippen LogP contribution < -0.4 is 4.90 Å². The Morgan fingerprint density at radius 2 is 0.941 bits per heavy atom. The number of hydrogen-bond donors (Lipinski definition) is 0. The zero-order valence-corrected chi connectivity index (χ0v) is 39.6. The van der Waals surface area contributed by atoms with Gasteiger partial charge in [0, 0.05) is 22.4 Å². The average molecular weight is 874 g/mol. The van der Waals surface area contributed by atoms with E-state index >= 15 is 0 Å². The van der Waals surface area contributed by atoms with E-state index in [-0.39, 0.29) is 5.41 Å². The van der Waals surface area contributed by atoms with E-state index in [0.717, 1.165) is 17.1 Å². The SMILES string of the molecule is C=CC1=C(/C=C\C)c2ccccc2C12c1ccccc1-c1c(-c3ccc(N(c4ccc5c(c4)C(C)(C)c4ccccc4-5)c4ccc(-c5ccccc5)cc4-c4ccccc4)cc3)cccc12.CC. The Hall–Kier alpha value is -8.00.